The Morgan fingerprint density at radius 3 is 2.43 bits per heavy atom. The van der Waals surface area contributed by atoms with Crippen LogP contribution < -0.4 is 5.73 Å². The van der Waals surface area contributed by atoms with Crippen LogP contribution >= 0.6 is 0 Å². The topological polar surface area (TPSA) is 67.4 Å². The van der Waals surface area contributed by atoms with E-state index >= 15 is 0 Å². The van der Waals surface area contributed by atoms with Crippen molar-refractivity contribution in [3.8, 4) is 0 Å². The number of carbonyl (C=O) groups is 1. The third-order valence-corrected chi connectivity index (χ3v) is 4.43. The molecule has 0 radical (unpaired) electrons. The first-order chi connectivity index (χ1) is 9.89. The molecule has 1 aliphatic heterocycles. The number of amides is 1. The van der Waals surface area contributed by atoms with Crippen LogP contribution in [-0.2, 0) is 13.5 Å². The minimum atomic E-state index is -0.00293. The monoisotopic (exact) mass is 293 g/mol. The number of piperazine rings is 1. The molecule has 2 rings (SSSR count). The van der Waals surface area contributed by atoms with E-state index in [0.717, 1.165) is 38.3 Å². The molecule has 1 aromatic heterocycles. The van der Waals surface area contributed by atoms with Gasteiger partial charge in [-0.25, -0.2) is 0 Å². The van der Waals surface area contributed by atoms with Gasteiger partial charge in [0, 0.05) is 45.3 Å². The van der Waals surface area contributed by atoms with Crippen LogP contribution in [0.5, 0.6) is 0 Å². The van der Waals surface area contributed by atoms with E-state index in [2.05, 4.69) is 23.8 Å². The highest BCUT2D eigenvalue weighted by atomic mass is 16.2. The van der Waals surface area contributed by atoms with Crippen LogP contribution in [0.4, 0.5) is 0 Å². The predicted octanol–water partition coefficient (Wildman–Crippen LogP) is 0.478. The van der Waals surface area contributed by atoms with Gasteiger partial charge in [-0.3, -0.25) is 14.4 Å². The van der Waals surface area contributed by atoms with Crippen LogP contribution in [0.15, 0.2) is 6.07 Å². The van der Waals surface area contributed by atoms with Gasteiger partial charge >= 0.3 is 0 Å². The first-order valence-corrected chi connectivity index (χ1v) is 7.66. The minimum absolute atomic E-state index is 0.00293. The Kier molecular flexibility index (Phi) is 4.68. The zero-order valence-corrected chi connectivity index (χ0v) is 13.6. The molecule has 1 aliphatic rings. The Morgan fingerprint density at radius 2 is 1.95 bits per heavy atom. The van der Waals surface area contributed by atoms with Crippen LogP contribution in [0.1, 0.15) is 37.0 Å². The lowest BCUT2D eigenvalue weighted by Crippen LogP contribution is -2.58. The Bertz CT molecular complexity index is 500. The lowest BCUT2D eigenvalue weighted by atomic mass is 10.0. The molecule has 1 amide bonds. The summed E-state index contributed by atoms with van der Waals surface area (Å²) in [4.78, 5) is 16.9. The maximum absolute atomic E-state index is 12.6. The van der Waals surface area contributed by atoms with E-state index in [0.29, 0.717) is 12.2 Å². The summed E-state index contributed by atoms with van der Waals surface area (Å²) < 4.78 is 1.69. The third-order valence-electron chi connectivity index (χ3n) is 4.43. The number of hydrogen-bond donors (Lipinski definition) is 1. The number of carbonyl (C=O) groups excluding carboxylic acids is 1. The lowest BCUT2D eigenvalue weighted by Gasteiger charge is -2.43. The van der Waals surface area contributed by atoms with Gasteiger partial charge in [0.1, 0.15) is 5.69 Å². The molecule has 1 aromatic rings. The first-order valence-electron chi connectivity index (χ1n) is 7.66. The van der Waals surface area contributed by atoms with E-state index in [1.54, 1.807) is 4.68 Å². The van der Waals surface area contributed by atoms with Crippen molar-refractivity contribution in [1.82, 2.24) is 19.6 Å². The second-order valence-electron chi connectivity index (χ2n) is 6.29. The quantitative estimate of drug-likeness (QED) is 0.877. The molecule has 0 saturated carbocycles. The normalized spacial score (nSPS) is 17.3. The van der Waals surface area contributed by atoms with Crippen molar-refractivity contribution in [1.29, 1.82) is 0 Å². The number of aryl methyl sites for hydroxylation is 2. The van der Waals surface area contributed by atoms with E-state index in [9.17, 15) is 4.79 Å². The molecule has 0 aromatic carbocycles. The van der Waals surface area contributed by atoms with E-state index in [4.69, 9.17) is 5.73 Å². The fraction of sp³-hybridized carbons (Fsp3) is 0.733. The van der Waals surface area contributed by atoms with Crippen LogP contribution in [0.2, 0.25) is 0 Å². The largest absolute Gasteiger partial charge is 0.335 e. The van der Waals surface area contributed by atoms with Crippen molar-refractivity contribution in [2.75, 3.05) is 32.7 Å². The number of nitrogens with zero attached hydrogens (tertiary/aromatic N) is 4. The first kappa shape index (κ1) is 16.0. The van der Waals surface area contributed by atoms with Crippen molar-refractivity contribution >= 4 is 5.91 Å². The smallest absolute Gasteiger partial charge is 0.272 e. The molecular formula is C15H27N5O. The molecule has 2 N–H and O–H groups in total. The van der Waals surface area contributed by atoms with Crippen molar-refractivity contribution in [2.45, 2.75) is 32.7 Å². The van der Waals surface area contributed by atoms with Gasteiger partial charge in [-0.15, -0.1) is 0 Å². The van der Waals surface area contributed by atoms with Gasteiger partial charge in [0.15, 0.2) is 0 Å². The van der Waals surface area contributed by atoms with Gasteiger partial charge in [0.25, 0.3) is 5.91 Å². The fourth-order valence-electron chi connectivity index (χ4n) is 2.71. The van der Waals surface area contributed by atoms with E-state index in [-0.39, 0.29) is 11.4 Å². The van der Waals surface area contributed by atoms with Gasteiger partial charge in [0.05, 0.1) is 5.69 Å². The number of aromatic nitrogens is 2. The van der Waals surface area contributed by atoms with Crippen molar-refractivity contribution in [3.63, 3.8) is 0 Å². The summed E-state index contributed by atoms with van der Waals surface area (Å²) in [5.74, 6) is 0.0786. The molecule has 21 heavy (non-hydrogen) atoms. The Labute approximate surface area is 126 Å². The van der Waals surface area contributed by atoms with Gasteiger partial charge < -0.3 is 10.6 Å². The van der Waals surface area contributed by atoms with Gasteiger partial charge in [-0.2, -0.15) is 5.10 Å². The van der Waals surface area contributed by atoms with Crippen LogP contribution in [0.25, 0.3) is 0 Å². The molecule has 0 aliphatic carbocycles. The highest BCUT2D eigenvalue weighted by Gasteiger charge is 2.31. The molecule has 1 saturated heterocycles. The molecule has 0 atom stereocenters. The molecule has 0 bridgehead atoms. The molecule has 0 unspecified atom stereocenters. The zero-order valence-electron chi connectivity index (χ0n) is 13.6. The van der Waals surface area contributed by atoms with Gasteiger partial charge in [0.2, 0.25) is 0 Å². The third kappa shape index (κ3) is 3.27. The summed E-state index contributed by atoms with van der Waals surface area (Å²) in [7, 11) is 1.83. The number of hydrogen-bond acceptors (Lipinski definition) is 4. The zero-order chi connectivity index (χ0) is 15.6. The second-order valence-corrected chi connectivity index (χ2v) is 6.29. The highest BCUT2D eigenvalue weighted by molar-refractivity contribution is 5.92. The Balaban J connectivity index is 2.01. The maximum Gasteiger partial charge on any atom is 0.272 e. The predicted molar refractivity (Wildman–Crippen MR) is 83.2 cm³/mol. The molecule has 0 spiro atoms. The average Bonchev–Trinajstić information content (AvgIpc) is 2.87. The molecule has 6 nitrogen and oxygen atoms in total. The van der Waals surface area contributed by atoms with Crippen molar-refractivity contribution < 1.29 is 4.79 Å². The number of rotatable bonds is 4. The van der Waals surface area contributed by atoms with Crippen LogP contribution in [0, 0.1) is 0 Å². The molecule has 6 heteroatoms. The average molecular weight is 293 g/mol. The van der Waals surface area contributed by atoms with Crippen LogP contribution in [-0.4, -0.2) is 63.8 Å². The van der Waals surface area contributed by atoms with E-state index in [1.165, 1.54) is 0 Å². The summed E-state index contributed by atoms with van der Waals surface area (Å²) in [6, 6.07) is 1.90. The second kappa shape index (κ2) is 6.15. The number of nitrogens with two attached hydrogens (primary N) is 1. The van der Waals surface area contributed by atoms with E-state index < -0.39 is 0 Å². The van der Waals surface area contributed by atoms with E-state index in [1.807, 2.05) is 24.9 Å². The molecular weight excluding hydrogens is 266 g/mol. The Hall–Kier alpha value is -1.40. The van der Waals surface area contributed by atoms with Crippen LogP contribution in [0.3, 0.4) is 0 Å². The summed E-state index contributed by atoms with van der Waals surface area (Å²) in [6.45, 7) is 10.2. The van der Waals surface area contributed by atoms with Crippen molar-refractivity contribution in [3.05, 3.63) is 17.5 Å². The Morgan fingerprint density at radius 1 is 1.33 bits per heavy atom. The highest BCUT2D eigenvalue weighted by Crippen LogP contribution is 2.17. The summed E-state index contributed by atoms with van der Waals surface area (Å²) in [6.07, 6.45) is 0.847. The maximum atomic E-state index is 12.6. The molecule has 1 fully saturated rings. The summed E-state index contributed by atoms with van der Waals surface area (Å²) in [5, 5.41) is 4.35. The SMILES string of the molecule is CCc1cc(C(=O)N2CCN(C(C)(C)CN)CC2)n(C)n1. The van der Waals surface area contributed by atoms with Gasteiger partial charge in [-0.05, 0) is 26.3 Å². The summed E-state index contributed by atoms with van der Waals surface area (Å²) in [5.41, 5.74) is 7.46. The molecule has 2 heterocycles. The minimum Gasteiger partial charge on any atom is -0.335 e. The van der Waals surface area contributed by atoms with Crippen molar-refractivity contribution in [2.24, 2.45) is 12.8 Å². The molecule has 118 valence electrons. The fourth-order valence-corrected chi connectivity index (χ4v) is 2.71. The standard InChI is InChI=1S/C15H27N5O/c1-5-12-10-13(18(4)17-12)14(21)19-6-8-20(9-7-19)15(2,3)11-16/h10H,5-9,11,16H2,1-4H3. The van der Waals surface area contributed by atoms with Gasteiger partial charge in [-0.1, -0.05) is 6.92 Å². The summed E-state index contributed by atoms with van der Waals surface area (Å²) >= 11 is 0. The lowest BCUT2D eigenvalue weighted by molar-refractivity contribution is 0.0418.